The molecule has 3 nitrogen and oxygen atoms in total. The second kappa shape index (κ2) is 5.87. The minimum atomic E-state index is -0.409. The predicted molar refractivity (Wildman–Crippen MR) is 64.8 cm³/mol. The van der Waals surface area contributed by atoms with Crippen LogP contribution in [0.4, 0.5) is 0 Å². The first-order chi connectivity index (χ1) is 7.52. The quantitative estimate of drug-likeness (QED) is 0.849. The molecule has 1 aromatic rings. The van der Waals surface area contributed by atoms with Crippen LogP contribution in [-0.2, 0) is 0 Å². The van der Waals surface area contributed by atoms with Crippen molar-refractivity contribution < 1.29 is 9.90 Å². The Morgan fingerprint density at radius 2 is 2.25 bits per heavy atom. The van der Waals surface area contributed by atoms with Gasteiger partial charge >= 0.3 is 0 Å². The van der Waals surface area contributed by atoms with Gasteiger partial charge in [0.2, 0.25) is 0 Å². The van der Waals surface area contributed by atoms with Crippen LogP contribution < -0.4 is 5.32 Å². The Morgan fingerprint density at radius 1 is 1.56 bits per heavy atom. The number of aryl methyl sites for hydroxylation is 1. The topological polar surface area (TPSA) is 49.3 Å². The molecule has 0 aromatic heterocycles. The molecule has 4 heteroatoms. The molecule has 0 fully saturated rings. The summed E-state index contributed by atoms with van der Waals surface area (Å²) in [7, 11) is 0. The van der Waals surface area contributed by atoms with Gasteiger partial charge in [-0.05, 0) is 31.9 Å². The van der Waals surface area contributed by atoms with Gasteiger partial charge in [-0.15, -0.1) is 0 Å². The zero-order chi connectivity index (χ0) is 12.1. The molecule has 0 heterocycles. The second-order valence-corrected chi connectivity index (χ2v) is 4.21. The number of aliphatic hydroxyl groups excluding tert-OH is 1. The molecule has 0 aliphatic carbocycles. The van der Waals surface area contributed by atoms with Crippen molar-refractivity contribution in [1.82, 2.24) is 5.32 Å². The van der Waals surface area contributed by atoms with Gasteiger partial charge in [0.15, 0.2) is 0 Å². The molecule has 1 amide bonds. The van der Waals surface area contributed by atoms with Gasteiger partial charge in [0.25, 0.3) is 5.91 Å². The van der Waals surface area contributed by atoms with E-state index >= 15 is 0 Å². The van der Waals surface area contributed by atoms with Gasteiger partial charge in [-0.2, -0.15) is 0 Å². The lowest BCUT2D eigenvalue weighted by atomic mass is 10.1. The van der Waals surface area contributed by atoms with Crippen LogP contribution in [0.1, 0.15) is 29.3 Å². The summed E-state index contributed by atoms with van der Waals surface area (Å²) in [5, 5.41) is 12.3. The van der Waals surface area contributed by atoms with E-state index in [4.69, 9.17) is 16.7 Å². The van der Waals surface area contributed by atoms with Crippen molar-refractivity contribution in [3.8, 4) is 0 Å². The van der Waals surface area contributed by atoms with E-state index in [0.717, 1.165) is 5.56 Å². The molecule has 1 aromatic carbocycles. The lowest BCUT2D eigenvalue weighted by Crippen LogP contribution is -2.26. The molecule has 1 unspecified atom stereocenters. The molecular weight excluding hydrogens is 226 g/mol. The average Bonchev–Trinajstić information content (AvgIpc) is 2.21. The van der Waals surface area contributed by atoms with Crippen LogP contribution in [0, 0.1) is 6.92 Å². The maximum absolute atomic E-state index is 11.7. The highest BCUT2D eigenvalue weighted by atomic mass is 35.5. The average molecular weight is 242 g/mol. The van der Waals surface area contributed by atoms with Crippen LogP contribution in [0.3, 0.4) is 0 Å². The lowest BCUT2D eigenvalue weighted by molar-refractivity contribution is 0.0945. The van der Waals surface area contributed by atoms with Gasteiger partial charge in [0, 0.05) is 6.54 Å². The summed E-state index contributed by atoms with van der Waals surface area (Å²) < 4.78 is 0. The largest absolute Gasteiger partial charge is 0.393 e. The Bertz CT molecular complexity index is 377. The number of hydrogen-bond donors (Lipinski definition) is 2. The first kappa shape index (κ1) is 13.0. The SMILES string of the molecule is Cc1cccc(C(=O)NCCC(C)O)c1Cl. The monoisotopic (exact) mass is 241 g/mol. The fourth-order valence-corrected chi connectivity index (χ4v) is 1.52. The number of carbonyl (C=O) groups is 1. The summed E-state index contributed by atoms with van der Waals surface area (Å²) in [6.45, 7) is 3.99. The third kappa shape index (κ3) is 3.51. The molecular formula is C12H16ClNO2. The van der Waals surface area contributed by atoms with Crippen LogP contribution in [0.25, 0.3) is 0 Å². The lowest BCUT2D eigenvalue weighted by Gasteiger charge is -2.09. The summed E-state index contributed by atoms with van der Waals surface area (Å²) >= 11 is 6.02. The van der Waals surface area contributed by atoms with E-state index in [0.29, 0.717) is 23.6 Å². The molecule has 0 aliphatic heterocycles. The smallest absolute Gasteiger partial charge is 0.252 e. The van der Waals surface area contributed by atoms with Gasteiger partial charge in [-0.1, -0.05) is 23.7 Å². The van der Waals surface area contributed by atoms with Crippen molar-refractivity contribution in [1.29, 1.82) is 0 Å². The standard InChI is InChI=1S/C12H16ClNO2/c1-8-4-3-5-10(11(8)13)12(16)14-7-6-9(2)15/h3-5,9,15H,6-7H2,1-2H3,(H,14,16). The van der Waals surface area contributed by atoms with Crippen molar-refractivity contribution in [3.05, 3.63) is 34.3 Å². The number of amides is 1. The molecule has 2 N–H and O–H groups in total. The maximum atomic E-state index is 11.7. The molecule has 1 atom stereocenters. The fourth-order valence-electron chi connectivity index (χ4n) is 1.31. The Hall–Kier alpha value is -1.06. The third-order valence-corrected chi connectivity index (χ3v) is 2.79. The first-order valence-corrected chi connectivity index (χ1v) is 5.61. The zero-order valence-corrected chi connectivity index (χ0v) is 10.2. The van der Waals surface area contributed by atoms with Gasteiger partial charge in [0.05, 0.1) is 16.7 Å². The van der Waals surface area contributed by atoms with E-state index < -0.39 is 6.10 Å². The minimum Gasteiger partial charge on any atom is -0.393 e. The molecule has 0 saturated carbocycles. The van der Waals surface area contributed by atoms with Crippen molar-refractivity contribution in [3.63, 3.8) is 0 Å². The molecule has 88 valence electrons. The predicted octanol–water partition coefficient (Wildman–Crippen LogP) is 2.15. The number of hydrogen-bond acceptors (Lipinski definition) is 2. The number of aliphatic hydroxyl groups is 1. The summed E-state index contributed by atoms with van der Waals surface area (Å²) in [5.41, 5.74) is 1.36. The third-order valence-electron chi connectivity index (χ3n) is 2.28. The minimum absolute atomic E-state index is 0.200. The van der Waals surface area contributed by atoms with E-state index in [1.807, 2.05) is 13.0 Å². The molecule has 0 aliphatic rings. The normalized spacial score (nSPS) is 12.2. The zero-order valence-electron chi connectivity index (χ0n) is 9.46. The first-order valence-electron chi connectivity index (χ1n) is 5.23. The van der Waals surface area contributed by atoms with Gasteiger partial charge in [0.1, 0.15) is 0 Å². The Morgan fingerprint density at radius 3 is 2.88 bits per heavy atom. The maximum Gasteiger partial charge on any atom is 0.252 e. The Balaban J connectivity index is 2.63. The number of benzene rings is 1. The van der Waals surface area contributed by atoms with E-state index in [9.17, 15) is 4.79 Å². The van der Waals surface area contributed by atoms with Crippen LogP contribution in [0.2, 0.25) is 5.02 Å². The van der Waals surface area contributed by atoms with Crippen LogP contribution in [0.5, 0.6) is 0 Å². The van der Waals surface area contributed by atoms with E-state index in [1.54, 1.807) is 19.1 Å². The van der Waals surface area contributed by atoms with Crippen LogP contribution >= 0.6 is 11.6 Å². The molecule has 0 saturated heterocycles. The van der Waals surface area contributed by atoms with Crippen LogP contribution in [0.15, 0.2) is 18.2 Å². The highest BCUT2D eigenvalue weighted by Crippen LogP contribution is 2.19. The summed E-state index contributed by atoms with van der Waals surface area (Å²) in [6, 6.07) is 5.34. The molecule has 0 bridgehead atoms. The molecule has 1 rings (SSSR count). The summed E-state index contributed by atoms with van der Waals surface area (Å²) in [5.74, 6) is -0.200. The molecule has 0 spiro atoms. The number of rotatable bonds is 4. The van der Waals surface area contributed by atoms with Gasteiger partial charge in [-0.25, -0.2) is 0 Å². The highest BCUT2D eigenvalue weighted by molar-refractivity contribution is 6.34. The second-order valence-electron chi connectivity index (χ2n) is 3.83. The van der Waals surface area contributed by atoms with Crippen molar-refractivity contribution in [2.75, 3.05) is 6.54 Å². The van der Waals surface area contributed by atoms with Crippen molar-refractivity contribution in [2.45, 2.75) is 26.4 Å². The molecule has 0 radical (unpaired) electrons. The highest BCUT2D eigenvalue weighted by Gasteiger charge is 2.10. The number of halogens is 1. The number of carbonyl (C=O) groups excluding carboxylic acids is 1. The van der Waals surface area contributed by atoms with E-state index in [1.165, 1.54) is 0 Å². The Labute approximate surface area is 100 Å². The van der Waals surface area contributed by atoms with Gasteiger partial charge < -0.3 is 10.4 Å². The van der Waals surface area contributed by atoms with Gasteiger partial charge in [-0.3, -0.25) is 4.79 Å². The summed E-state index contributed by atoms with van der Waals surface area (Å²) in [4.78, 5) is 11.7. The van der Waals surface area contributed by atoms with Crippen molar-refractivity contribution in [2.24, 2.45) is 0 Å². The van der Waals surface area contributed by atoms with Crippen LogP contribution in [-0.4, -0.2) is 23.7 Å². The van der Waals surface area contributed by atoms with E-state index in [2.05, 4.69) is 5.32 Å². The summed E-state index contributed by atoms with van der Waals surface area (Å²) in [6.07, 6.45) is 0.128. The van der Waals surface area contributed by atoms with Crippen molar-refractivity contribution >= 4 is 17.5 Å². The number of nitrogens with one attached hydrogen (secondary N) is 1. The molecule has 16 heavy (non-hydrogen) atoms. The fraction of sp³-hybridized carbons (Fsp3) is 0.417. The van der Waals surface area contributed by atoms with E-state index in [-0.39, 0.29) is 5.91 Å². The Kier molecular flexibility index (Phi) is 4.77.